The van der Waals surface area contributed by atoms with Crippen LogP contribution in [0.15, 0.2) is 24.3 Å². The van der Waals surface area contributed by atoms with E-state index in [9.17, 15) is 14.4 Å². The van der Waals surface area contributed by atoms with E-state index in [1.165, 1.54) is 7.11 Å². The molecule has 1 fully saturated rings. The Morgan fingerprint density at radius 3 is 2.72 bits per heavy atom. The van der Waals surface area contributed by atoms with Crippen molar-refractivity contribution in [3.8, 4) is 0 Å². The number of rotatable bonds is 3. The monoisotopic (exact) mass is 248 g/mol. The Balaban J connectivity index is 2.26. The van der Waals surface area contributed by atoms with Crippen molar-refractivity contribution in [3.63, 3.8) is 0 Å². The lowest BCUT2D eigenvalue weighted by atomic mass is 10.1. The van der Waals surface area contributed by atoms with Gasteiger partial charge in [0.15, 0.2) is 0 Å². The van der Waals surface area contributed by atoms with Crippen molar-refractivity contribution in [2.45, 2.75) is 6.54 Å². The van der Waals surface area contributed by atoms with Crippen molar-refractivity contribution in [2.75, 3.05) is 13.7 Å². The van der Waals surface area contributed by atoms with Crippen LogP contribution in [-0.4, -0.2) is 36.5 Å². The lowest BCUT2D eigenvalue weighted by molar-refractivity contribution is -0.125. The highest BCUT2D eigenvalue weighted by molar-refractivity contribution is 6.02. The summed E-state index contributed by atoms with van der Waals surface area (Å²) in [6, 6.07) is 6.27. The molecule has 0 unspecified atom stereocenters. The Morgan fingerprint density at radius 2 is 2.11 bits per heavy atom. The summed E-state index contributed by atoms with van der Waals surface area (Å²) in [4.78, 5) is 35.5. The lowest BCUT2D eigenvalue weighted by Gasteiger charge is -2.14. The number of urea groups is 1. The van der Waals surface area contributed by atoms with Crippen LogP contribution in [0.25, 0.3) is 0 Å². The Morgan fingerprint density at radius 1 is 1.39 bits per heavy atom. The molecule has 1 aliphatic heterocycles. The number of methoxy groups -OCH3 is 1. The quantitative estimate of drug-likeness (QED) is 0.625. The molecule has 0 aromatic heterocycles. The van der Waals surface area contributed by atoms with Gasteiger partial charge in [-0.25, -0.2) is 9.59 Å². The first-order valence-electron chi connectivity index (χ1n) is 5.38. The zero-order chi connectivity index (χ0) is 13.1. The van der Waals surface area contributed by atoms with E-state index in [0.29, 0.717) is 11.1 Å². The second-order valence-electron chi connectivity index (χ2n) is 3.79. The van der Waals surface area contributed by atoms with Crippen molar-refractivity contribution in [1.82, 2.24) is 10.2 Å². The van der Waals surface area contributed by atoms with Crippen molar-refractivity contribution >= 4 is 17.9 Å². The molecule has 94 valence electrons. The number of benzene rings is 1. The van der Waals surface area contributed by atoms with Crippen molar-refractivity contribution < 1.29 is 19.1 Å². The van der Waals surface area contributed by atoms with Crippen LogP contribution in [0.5, 0.6) is 0 Å². The second kappa shape index (κ2) is 4.87. The van der Waals surface area contributed by atoms with E-state index >= 15 is 0 Å². The summed E-state index contributed by atoms with van der Waals surface area (Å²) in [6.45, 7) is 0.0646. The molecule has 0 aliphatic carbocycles. The fourth-order valence-corrected chi connectivity index (χ4v) is 1.75. The van der Waals surface area contributed by atoms with E-state index in [1.807, 2.05) is 0 Å². The molecule has 3 amide bonds. The average Bonchev–Trinajstić information content (AvgIpc) is 2.70. The van der Waals surface area contributed by atoms with E-state index < -0.39 is 12.0 Å². The number of hydrogen-bond acceptors (Lipinski definition) is 4. The maximum Gasteiger partial charge on any atom is 0.338 e. The van der Waals surface area contributed by atoms with Crippen LogP contribution in [-0.2, 0) is 16.1 Å². The summed E-state index contributed by atoms with van der Waals surface area (Å²) in [5.74, 6) is -0.794. The summed E-state index contributed by atoms with van der Waals surface area (Å²) in [7, 11) is 1.28. The normalized spacial score (nSPS) is 14.6. The largest absolute Gasteiger partial charge is 0.465 e. The summed E-state index contributed by atoms with van der Waals surface area (Å²) in [6.07, 6.45) is 0. The molecule has 0 spiro atoms. The number of carbonyl (C=O) groups is 3. The van der Waals surface area contributed by atoms with Crippen LogP contribution in [0.4, 0.5) is 4.79 Å². The molecule has 1 aliphatic rings. The highest BCUT2D eigenvalue weighted by Crippen LogP contribution is 2.14. The van der Waals surface area contributed by atoms with E-state index in [0.717, 1.165) is 4.90 Å². The van der Waals surface area contributed by atoms with Gasteiger partial charge in [-0.1, -0.05) is 18.2 Å². The highest BCUT2D eigenvalue weighted by Gasteiger charge is 2.29. The molecule has 0 saturated carbocycles. The zero-order valence-corrected chi connectivity index (χ0v) is 9.80. The number of imide groups is 1. The van der Waals surface area contributed by atoms with Gasteiger partial charge in [0.25, 0.3) is 0 Å². The van der Waals surface area contributed by atoms with Crippen molar-refractivity contribution in [2.24, 2.45) is 0 Å². The van der Waals surface area contributed by atoms with Crippen LogP contribution >= 0.6 is 0 Å². The molecule has 0 radical (unpaired) electrons. The van der Waals surface area contributed by atoms with Crippen LogP contribution < -0.4 is 5.32 Å². The van der Waals surface area contributed by atoms with E-state index in [4.69, 9.17) is 0 Å². The Kier molecular flexibility index (Phi) is 3.27. The highest BCUT2D eigenvalue weighted by atomic mass is 16.5. The Bertz CT molecular complexity index is 497. The zero-order valence-electron chi connectivity index (χ0n) is 9.80. The summed E-state index contributed by atoms with van der Waals surface area (Å²) < 4.78 is 4.65. The molecule has 1 aromatic carbocycles. The minimum absolute atomic E-state index is 0.000769. The molecule has 6 nitrogen and oxygen atoms in total. The standard InChI is InChI=1S/C12H12N2O4/c1-18-11(16)9-5-3-2-4-8(9)7-14-10(15)6-13-12(14)17/h2-5H,6-7H2,1H3,(H,13,17). The van der Waals surface area contributed by atoms with Crippen LogP contribution in [0.2, 0.25) is 0 Å². The first-order valence-corrected chi connectivity index (χ1v) is 5.38. The molecule has 0 bridgehead atoms. The molecular formula is C12H12N2O4. The maximum absolute atomic E-state index is 11.5. The fourth-order valence-electron chi connectivity index (χ4n) is 1.75. The third-order valence-corrected chi connectivity index (χ3v) is 2.69. The third-order valence-electron chi connectivity index (χ3n) is 2.69. The van der Waals surface area contributed by atoms with Crippen molar-refractivity contribution in [3.05, 3.63) is 35.4 Å². The van der Waals surface area contributed by atoms with Gasteiger partial charge in [-0.05, 0) is 11.6 Å². The molecular weight excluding hydrogens is 236 g/mol. The van der Waals surface area contributed by atoms with Crippen LogP contribution in [0.3, 0.4) is 0 Å². The molecule has 0 atom stereocenters. The molecule has 6 heteroatoms. The fraction of sp³-hybridized carbons (Fsp3) is 0.250. The molecule has 18 heavy (non-hydrogen) atoms. The first-order chi connectivity index (χ1) is 8.63. The molecule has 1 aromatic rings. The minimum atomic E-state index is -0.488. The second-order valence-corrected chi connectivity index (χ2v) is 3.79. The van der Waals surface area contributed by atoms with Gasteiger partial charge in [0.1, 0.15) is 0 Å². The molecule has 1 heterocycles. The van der Waals surface area contributed by atoms with Crippen LogP contribution in [0, 0.1) is 0 Å². The number of amides is 3. The summed E-state index contributed by atoms with van der Waals surface area (Å²) >= 11 is 0. The van der Waals surface area contributed by atoms with E-state index in [2.05, 4.69) is 10.1 Å². The molecule has 1 N–H and O–H groups in total. The average molecular weight is 248 g/mol. The van der Waals surface area contributed by atoms with Gasteiger partial charge in [0.2, 0.25) is 5.91 Å². The Labute approximate surface area is 104 Å². The number of nitrogens with one attached hydrogen (secondary N) is 1. The number of hydrogen-bond donors (Lipinski definition) is 1. The van der Waals surface area contributed by atoms with Gasteiger partial charge < -0.3 is 10.1 Å². The molecule has 1 saturated heterocycles. The Hall–Kier alpha value is -2.37. The van der Waals surface area contributed by atoms with Gasteiger partial charge in [-0.2, -0.15) is 0 Å². The predicted octanol–water partition coefficient (Wildman–Crippen LogP) is 0.525. The SMILES string of the molecule is COC(=O)c1ccccc1CN1C(=O)CNC1=O. The smallest absolute Gasteiger partial charge is 0.338 e. The van der Waals surface area contributed by atoms with Crippen molar-refractivity contribution in [1.29, 1.82) is 0 Å². The number of nitrogens with zero attached hydrogens (tertiary/aromatic N) is 1. The topological polar surface area (TPSA) is 75.7 Å². The lowest BCUT2D eigenvalue weighted by Crippen LogP contribution is -2.31. The van der Waals surface area contributed by atoms with Gasteiger partial charge in [0, 0.05) is 0 Å². The predicted molar refractivity (Wildman–Crippen MR) is 61.7 cm³/mol. The third kappa shape index (κ3) is 2.17. The molecule has 2 rings (SSSR count). The minimum Gasteiger partial charge on any atom is -0.465 e. The number of esters is 1. The van der Waals surface area contributed by atoms with E-state index in [1.54, 1.807) is 24.3 Å². The maximum atomic E-state index is 11.5. The van der Waals surface area contributed by atoms with E-state index in [-0.39, 0.29) is 19.0 Å². The summed E-state index contributed by atoms with van der Waals surface area (Å²) in [5.41, 5.74) is 0.933. The van der Waals surface area contributed by atoms with Gasteiger partial charge in [-0.15, -0.1) is 0 Å². The number of ether oxygens (including phenoxy) is 1. The number of carbonyl (C=O) groups excluding carboxylic acids is 3. The van der Waals surface area contributed by atoms with Gasteiger partial charge >= 0.3 is 12.0 Å². The van der Waals surface area contributed by atoms with Gasteiger partial charge in [-0.3, -0.25) is 9.69 Å². The van der Waals surface area contributed by atoms with Gasteiger partial charge in [0.05, 0.1) is 25.8 Å². The first kappa shape index (κ1) is 12.1. The summed E-state index contributed by atoms with van der Waals surface area (Å²) in [5, 5.41) is 2.42. The van der Waals surface area contributed by atoms with Crippen LogP contribution in [0.1, 0.15) is 15.9 Å².